The number of anilines is 3. The van der Waals surface area contributed by atoms with Crippen LogP contribution in [0.5, 0.6) is 0 Å². The van der Waals surface area contributed by atoms with Gasteiger partial charge in [-0.1, -0.05) is 220 Å². The number of benzene rings is 11. The normalized spacial score (nSPS) is 16.4. The minimum absolute atomic E-state index is 0.171. The lowest BCUT2D eigenvalue weighted by molar-refractivity contribution is 0.660. The predicted molar refractivity (Wildman–Crippen MR) is 301 cm³/mol. The van der Waals surface area contributed by atoms with Gasteiger partial charge in [0, 0.05) is 33.2 Å². The minimum atomic E-state index is -0.579. The van der Waals surface area contributed by atoms with Gasteiger partial charge in [-0.2, -0.15) is 0 Å². The van der Waals surface area contributed by atoms with Gasteiger partial charge in [-0.25, -0.2) is 0 Å². The molecule has 73 heavy (non-hydrogen) atoms. The van der Waals surface area contributed by atoms with Crippen LogP contribution in [0.2, 0.25) is 0 Å². The van der Waals surface area contributed by atoms with E-state index < -0.39 is 10.8 Å². The van der Waals surface area contributed by atoms with E-state index in [1.54, 1.807) is 0 Å². The largest absolute Gasteiger partial charge is 0.310 e. The van der Waals surface area contributed by atoms with Crippen LogP contribution in [0.3, 0.4) is 0 Å². The Morgan fingerprint density at radius 1 is 0.301 bits per heavy atom. The zero-order valence-corrected chi connectivity index (χ0v) is 40.6. The van der Waals surface area contributed by atoms with Crippen LogP contribution in [0.25, 0.3) is 60.9 Å². The molecule has 11 aromatic carbocycles. The molecule has 1 aliphatic heterocycles. The summed E-state index contributed by atoms with van der Waals surface area (Å²) in [4.78, 5) is 2.53. The van der Waals surface area contributed by atoms with Crippen LogP contribution in [0.4, 0.5) is 17.1 Å². The second-order valence-electron chi connectivity index (χ2n) is 21.1. The highest BCUT2D eigenvalue weighted by Crippen LogP contribution is 2.63. The van der Waals surface area contributed by atoms with E-state index in [2.05, 4.69) is 278 Å². The van der Waals surface area contributed by atoms with Crippen molar-refractivity contribution < 1.29 is 0 Å². The van der Waals surface area contributed by atoms with E-state index in [9.17, 15) is 0 Å². The molecule has 0 amide bonds. The van der Waals surface area contributed by atoms with Crippen LogP contribution >= 0.6 is 0 Å². The topological polar surface area (TPSA) is 8.17 Å². The predicted octanol–water partition coefficient (Wildman–Crippen LogP) is 17.6. The Balaban J connectivity index is 0.954. The van der Waals surface area contributed by atoms with E-state index in [1.165, 1.54) is 117 Å². The number of hydrogen-bond donors (Lipinski definition) is 0. The van der Waals surface area contributed by atoms with Gasteiger partial charge in [-0.05, 0) is 138 Å². The summed E-state index contributed by atoms with van der Waals surface area (Å²) in [5, 5.41) is 2.56. The van der Waals surface area contributed by atoms with Crippen LogP contribution in [-0.2, 0) is 16.2 Å². The number of fused-ring (bicyclic) bond motifs is 18. The third-order valence-electron chi connectivity index (χ3n) is 17.5. The summed E-state index contributed by atoms with van der Waals surface area (Å²) in [5.74, 6) is 0. The average Bonchev–Trinajstić information content (AvgIpc) is 4.12. The second-order valence-corrected chi connectivity index (χ2v) is 21.1. The molecule has 4 aliphatic rings. The molecule has 342 valence electrons. The van der Waals surface area contributed by atoms with E-state index in [0.717, 1.165) is 17.1 Å². The molecule has 3 aliphatic carbocycles. The molecule has 2 heteroatoms. The second kappa shape index (κ2) is 14.6. The molecule has 0 N–H and O–H groups in total. The van der Waals surface area contributed by atoms with Gasteiger partial charge < -0.3 is 9.47 Å². The maximum Gasteiger partial charge on any atom is 0.0755 e. The summed E-state index contributed by atoms with van der Waals surface area (Å²) in [6.45, 7) is 4.77. The highest BCUT2D eigenvalue weighted by atomic mass is 15.1. The van der Waals surface area contributed by atoms with Gasteiger partial charge in [0.1, 0.15) is 0 Å². The molecule has 0 bridgehead atoms. The Hall–Kier alpha value is -8.98. The molecule has 1 aromatic heterocycles. The van der Waals surface area contributed by atoms with Crippen molar-refractivity contribution in [1.29, 1.82) is 0 Å². The van der Waals surface area contributed by atoms with Crippen LogP contribution in [0.1, 0.15) is 69.5 Å². The highest BCUT2D eigenvalue weighted by Gasteiger charge is 2.51. The van der Waals surface area contributed by atoms with Crippen molar-refractivity contribution in [2.45, 2.75) is 30.1 Å². The summed E-state index contributed by atoms with van der Waals surface area (Å²) in [7, 11) is 0. The fourth-order valence-corrected chi connectivity index (χ4v) is 14.5. The zero-order valence-electron chi connectivity index (χ0n) is 40.6. The quantitative estimate of drug-likeness (QED) is 0.167. The summed E-state index contributed by atoms with van der Waals surface area (Å²) in [5.41, 5.74) is 26.8. The van der Waals surface area contributed by atoms with Gasteiger partial charge in [0.25, 0.3) is 0 Å². The Morgan fingerprint density at radius 2 is 0.753 bits per heavy atom. The lowest BCUT2D eigenvalue weighted by Gasteiger charge is -2.40. The van der Waals surface area contributed by atoms with E-state index in [0.29, 0.717) is 0 Å². The first-order chi connectivity index (χ1) is 36.0. The fraction of sp³-hybridized carbons (Fsp3) is 0.0704. The van der Waals surface area contributed by atoms with Gasteiger partial charge in [-0.15, -0.1) is 0 Å². The fourth-order valence-electron chi connectivity index (χ4n) is 14.5. The molecule has 16 rings (SSSR count). The van der Waals surface area contributed by atoms with Crippen LogP contribution in [0.15, 0.2) is 255 Å². The van der Waals surface area contributed by atoms with Crippen molar-refractivity contribution in [3.05, 3.63) is 310 Å². The molecule has 0 saturated heterocycles. The SMILES string of the molecule is CC1(C)c2ccccc2-c2ccc(N(c3ccc(C4(c5ccccc5)c5ccccc5-c5ccccc54)cc3)c3ccc4c(c3)C3(c5ccccc5-4)c4ccccc4-n4c5ccccc5c5cccc3c54)cc21. The third kappa shape index (κ3) is 5.08. The Bertz CT molecular complexity index is 4260. The Kier molecular flexibility index (Phi) is 8.12. The Labute approximate surface area is 425 Å². The van der Waals surface area contributed by atoms with Crippen LogP contribution < -0.4 is 4.90 Å². The summed E-state index contributed by atoms with van der Waals surface area (Å²) in [6, 6.07) is 96.6. The van der Waals surface area contributed by atoms with Crippen molar-refractivity contribution >= 4 is 38.9 Å². The first kappa shape index (κ1) is 40.7. The Morgan fingerprint density at radius 3 is 1.42 bits per heavy atom. The van der Waals surface area contributed by atoms with Crippen molar-refractivity contribution in [2.24, 2.45) is 0 Å². The molecular weight excluding hydrogens is 881 g/mol. The molecule has 0 fully saturated rings. The van der Waals surface area contributed by atoms with Gasteiger partial charge in [0.15, 0.2) is 0 Å². The summed E-state index contributed by atoms with van der Waals surface area (Å²) >= 11 is 0. The number of rotatable bonds is 5. The lowest BCUT2D eigenvalue weighted by Crippen LogP contribution is -2.33. The van der Waals surface area contributed by atoms with Gasteiger partial charge >= 0.3 is 0 Å². The van der Waals surface area contributed by atoms with Crippen LogP contribution in [-0.4, -0.2) is 4.57 Å². The first-order valence-corrected chi connectivity index (χ1v) is 25.8. The summed E-state index contributed by atoms with van der Waals surface area (Å²) < 4.78 is 2.53. The average molecular weight is 929 g/mol. The van der Waals surface area contributed by atoms with Crippen molar-refractivity contribution in [1.82, 2.24) is 4.57 Å². The number of aromatic nitrogens is 1. The van der Waals surface area contributed by atoms with E-state index >= 15 is 0 Å². The lowest BCUT2D eigenvalue weighted by atomic mass is 9.65. The van der Waals surface area contributed by atoms with E-state index in [-0.39, 0.29) is 5.41 Å². The van der Waals surface area contributed by atoms with E-state index in [1.807, 2.05) is 0 Å². The smallest absolute Gasteiger partial charge is 0.0755 e. The van der Waals surface area contributed by atoms with Crippen LogP contribution in [0, 0.1) is 0 Å². The molecule has 1 spiro atoms. The first-order valence-electron chi connectivity index (χ1n) is 25.8. The van der Waals surface area contributed by atoms with Gasteiger partial charge in [0.05, 0.1) is 27.6 Å². The molecule has 0 radical (unpaired) electrons. The molecule has 0 saturated carbocycles. The highest BCUT2D eigenvalue weighted by molar-refractivity contribution is 6.13. The van der Waals surface area contributed by atoms with Crippen molar-refractivity contribution in [3.63, 3.8) is 0 Å². The molecule has 1 unspecified atom stereocenters. The number of para-hydroxylation sites is 3. The van der Waals surface area contributed by atoms with Crippen molar-refractivity contribution in [2.75, 3.05) is 4.90 Å². The van der Waals surface area contributed by atoms with Crippen molar-refractivity contribution in [3.8, 4) is 39.1 Å². The monoisotopic (exact) mass is 928 g/mol. The van der Waals surface area contributed by atoms with Gasteiger partial charge in [-0.3, -0.25) is 0 Å². The van der Waals surface area contributed by atoms with Gasteiger partial charge in [0.2, 0.25) is 0 Å². The molecular formula is C71H48N2. The third-order valence-corrected chi connectivity index (χ3v) is 17.5. The molecule has 12 aromatic rings. The molecule has 2 nitrogen and oxygen atoms in total. The standard InChI is InChI=1S/C71H48N2/c1-69(2)58-27-11-6-21-50(58)54-41-39-48(43-64(54)69)72(47-37-35-46(36-38-47)70(45-19-4-3-5-20-45)59-28-12-7-22-51(59)52-23-8-13-29-60(52)70)49-40-42-55-53-24-9-14-30-61(53)71(65(55)44-49)62-31-15-17-34-67(62)73-66-33-16-10-25-56(66)57-26-18-32-63(71)68(57)73/h3-44H,1-2H3. The summed E-state index contributed by atoms with van der Waals surface area (Å²) in [6.07, 6.45) is 0. The maximum absolute atomic E-state index is 2.54. The van der Waals surface area contributed by atoms with E-state index in [4.69, 9.17) is 0 Å². The zero-order chi connectivity index (χ0) is 48.2. The molecule has 2 heterocycles. The minimum Gasteiger partial charge on any atom is -0.310 e. The number of nitrogens with zero attached hydrogens (tertiary/aromatic N) is 2. The number of hydrogen-bond acceptors (Lipinski definition) is 1. The molecule has 1 atom stereocenters. The maximum atomic E-state index is 2.54.